The van der Waals surface area contributed by atoms with E-state index in [4.69, 9.17) is 19.3 Å². The van der Waals surface area contributed by atoms with Crippen LogP contribution in [0.1, 0.15) is 232 Å². The highest BCUT2D eigenvalue weighted by Gasteiger charge is 2.22. The summed E-state index contributed by atoms with van der Waals surface area (Å²) in [5.74, 6) is -0.876. The molecule has 2 N–H and O–H groups in total. The molecule has 52 heavy (non-hydrogen) atoms. The van der Waals surface area contributed by atoms with Crippen molar-refractivity contribution in [3.63, 3.8) is 0 Å². The number of rotatable bonds is 41. The van der Waals surface area contributed by atoms with Crippen molar-refractivity contribution in [2.45, 2.75) is 238 Å². The molecule has 0 saturated heterocycles. The molecular formula is C43H83O8P. The second kappa shape index (κ2) is 39.5. The van der Waals surface area contributed by atoms with E-state index in [0.29, 0.717) is 6.42 Å². The molecule has 308 valence electrons. The zero-order valence-electron chi connectivity index (χ0n) is 34.0. The first-order chi connectivity index (χ1) is 25.3. The summed E-state index contributed by atoms with van der Waals surface area (Å²) >= 11 is 0. The van der Waals surface area contributed by atoms with Crippen molar-refractivity contribution in [1.82, 2.24) is 0 Å². The Bertz CT molecular complexity index is 858. The van der Waals surface area contributed by atoms with Crippen molar-refractivity contribution in [2.24, 2.45) is 0 Å². The van der Waals surface area contributed by atoms with Gasteiger partial charge in [-0.25, -0.2) is 4.57 Å². The Balaban J connectivity index is 3.86. The number of carbonyl (C=O) groups is 2. The van der Waals surface area contributed by atoms with Crippen LogP contribution in [-0.2, 0) is 28.2 Å². The Morgan fingerprint density at radius 2 is 0.808 bits per heavy atom. The first-order valence-corrected chi connectivity index (χ1v) is 23.5. The fourth-order valence-electron chi connectivity index (χ4n) is 6.49. The van der Waals surface area contributed by atoms with Crippen LogP contribution in [0, 0.1) is 0 Å². The second-order valence-electron chi connectivity index (χ2n) is 15.0. The fraction of sp³-hybridized carbons (Fsp3) is 0.907. The highest BCUT2D eigenvalue weighted by molar-refractivity contribution is 7.46. The molecule has 0 aromatic heterocycles. The molecule has 0 heterocycles. The number of carbonyl (C=O) groups excluding carboxylic acids is 2. The summed E-state index contributed by atoms with van der Waals surface area (Å²) in [5, 5.41) is 0. The largest absolute Gasteiger partial charge is 0.469 e. The van der Waals surface area contributed by atoms with Gasteiger partial charge in [-0.3, -0.25) is 14.1 Å². The summed E-state index contributed by atoms with van der Waals surface area (Å²) in [6.07, 6.45) is 43.6. The lowest BCUT2D eigenvalue weighted by Crippen LogP contribution is -2.29. The smallest absolute Gasteiger partial charge is 0.462 e. The number of hydrogen-bond donors (Lipinski definition) is 2. The lowest BCUT2D eigenvalue weighted by atomic mass is 10.0. The third-order valence-corrected chi connectivity index (χ3v) is 10.3. The number of phosphoric acid groups is 1. The quantitative estimate of drug-likeness (QED) is 0.0274. The van der Waals surface area contributed by atoms with E-state index >= 15 is 0 Å². The molecule has 0 aliphatic carbocycles. The fourth-order valence-corrected chi connectivity index (χ4v) is 6.85. The molecular weight excluding hydrogens is 675 g/mol. The summed E-state index contributed by atoms with van der Waals surface area (Å²) in [6.45, 7) is 3.71. The number of phosphoric ester groups is 1. The Labute approximate surface area is 320 Å². The number of hydrogen-bond acceptors (Lipinski definition) is 6. The molecule has 0 saturated carbocycles. The van der Waals surface area contributed by atoms with Gasteiger partial charge < -0.3 is 19.3 Å². The molecule has 0 aromatic rings. The van der Waals surface area contributed by atoms with E-state index in [0.717, 1.165) is 44.9 Å². The van der Waals surface area contributed by atoms with Gasteiger partial charge in [-0.15, -0.1) is 0 Å². The maximum atomic E-state index is 12.4. The van der Waals surface area contributed by atoms with Crippen molar-refractivity contribution >= 4 is 19.8 Å². The lowest BCUT2D eigenvalue weighted by molar-refractivity contribution is -0.161. The standard InChI is InChI=1S/C43H83O8P/c1-3-5-7-9-11-13-15-17-19-21-23-25-27-29-31-33-35-37-42(44)49-39-41(40-50-52(46,47)48)51-43(45)38-36-34-32-30-28-26-24-22-20-18-16-14-12-10-8-6-4-2/h18,20,41H,3-17,19,21-40H2,1-2H3,(H2,46,47,48)/b20-18-. The van der Waals surface area contributed by atoms with E-state index < -0.39 is 32.5 Å². The molecule has 0 aliphatic rings. The van der Waals surface area contributed by atoms with Crippen LogP contribution in [0.3, 0.4) is 0 Å². The minimum absolute atomic E-state index is 0.211. The molecule has 0 spiro atoms. The third-order valence-electron chi connectivity index (χ3n) is 9.78. The summed E-state index contributed by atoms with van der Waals surface area (Å²) < 4.78 is 26.4. The molecule has 0 aromatic carbocycles. The van der Waals surface area contributed by atoms with Crippen LogP contribution in [-0.4, -0.2) is 41.0 Å². The number of unbranched alkanes of at least 4 members (excludes halogenated alkanes) is 29. The molecule has 1 unspecified atom stereocenters. The van der Waals surface area contributed by atoms with Crippen molar-refractivity contribution in [3.8, 4) is 0 Å². The molecule has 0 amide bonds. The Kier molecular flexibility index (Phi) is 38.6. The summed E-state index contributed by atoms with van der Waals surface area (Å²) in [4.78, 5) is 42.9. The molecule has 0 aliphatic heterocycles. The summed E-state index contributed by atoms with van der Waals surface area (Å²) in [6, 6.07) is 0. The first-order valence-electron chi connectivity index (χ1n) is 22.0. The van der Waals surface area contributed by atoms with Crippen LogP contribution in [0.2, 0.25) is 0 Å². The van der Waals surface area contributed by atoms with Gasteiger partial charge in [0.25, 0.3) is 0 Å². The van der Waals surface area contributed by atoms with Crippen LogP contribution in [0.4, 0.5) is 0 Å². The highest BCUT2D eigenvalue weighted by atomic mass is 31.2. The van der Waals surface area contributed by atoms with E-state index in [1.54, 1.807) is 0 Å². The second-order valence-corrected chi connectivity index (χ2v) is 16.3. The van der Waals surface area contributed by atoms with Crippen LogP contribution in [0.25, 0.3) is 0 Å². The van der Waals surface area contributed by atoms with E-state index in [1.165, 1.54) is 154 Å². The average Bonchev–Trinajstić information content (AvgIpc) is 3.11. The Morgan fingerprint density at radius 1 is 0.481 bits per heavy atom. The molecule has 1 atom stereocenters. The topological polar surface area (TPSA) is 119 Å². The minimum Gasteiger partial charge on any atom is -0.462 e. The highest BCUT2D eigenvalue weighted by Crippen LogP contribution is 2.36. The number of esters is 2. The van der Waals surface area contributed by atoms with Crippen molar-refractivity contribution in [3.05, 3.63) is 12.2 Å². The van der Waals surface area contributed by atoms with E-state index in [2.05, 4.69) is 30.5 Å². The van der Waals surface area contributed by atoms with Gasteiger partial charge in [-0.05, 0) is 38.5 Å². The molecule has 0 rings (SSSR count). The van der Waals surface area contributed by atoms with Crippen molar-refractivity contribution < 1.29 is 37.9 Å². The monoisotopic (exact) mass is 759 g/mol. The third kappa shape index (κ3) is 41.5. The Hall–Kier alpha value is -1.21. The van der Waals surface area contributed by atoms with E-state index in [-0.39, 0.29) is 19.4 Å². The molecule has 0 radical (unpaired) electrons. The van der Waals surface area contributed by atoms with Gasteiger partial charge in [-0.1, -0.05) is 193 Å². The number of allylic oxidation sites excluding steroid dienone is 2. The summed E-state index contributed by atoms with van der Waals surface area (Å²) in [7, 11) is -4.75. The Morgan fingerprint density at radius 3 is 1.17 bits per heavy atom. The maximum Gasteiger partial charge on any atom is 0.469 e. The molecule has 0 bridgehead atoms. The molecule has 9 heteroatoms. The van der Waals surface area contributed by atoms with E-state index in [1.807, 2.05) is 0 Å². The van der Waals surface area contributed by atoms with Crippen LogP contribution in [0.5, 0.6) is 0 Å². The van der Waals surface area contributed by atoms with Gasteiger partial charge >= 0.3 is 19.8 Å². The molecule has 8 nitrogen and oxygen atoms in total. The van der Waals surface area contributed by atoms with Crippen LogP contribution >= 0.6 is 7.82 Å². The van der Waals surface area contributed by atoms with Gasteiger partial charge in [0.05, 0.1) is 6.61 Å². The SMILES string of the molecule is CCCCCCCC/C=C\CCCCCCCCCC(=O)OC(COC(=O)CCCCCCCCCCCCCCCCCCC)COP(=O)(O)O. The predicted molar refractivity (Wildman–Crippen MR) is 216 cm³/mol. The average molecular weight is 759 g/mol. The van der Waals surface area contributed by atoms with Gasteiger partial charge in [-0.2, -0.15) is 0 Å². The van der Waals surface area contributed by atoms with Crippen LogP contribution in [0.15, 0.2) is 12.2 Å². The van der Waals surface area contributed by atoms with Crippen LogP contribution < -0.4 is 0 Å². The normalized spacial score (nSPS) is 12.5. The number of ether oxygens (including phenoxy) is 2. The lowest BCUT2D eigenvalue weighted by Gasteiger charge is -2.18. The summed E-state index contributed by atoms with van der Waals surface area (Å²) in [5.41, 5.74) is 0. The minimum atomic E-state index is -4.75. The molecule has 0 fully saturated rings. The maximum absolute atomic E-state index is 12.4. The van der Waals surface area contributed by atoms with Gasteiger partial charge in [0.15, 0.2) is 6.10 Å². The van der Waals surface area contributed by atoms with Gasteiger partial charge in [0, 0.05) is 12.8 Å². The van der Waals surface area contributed by atoms with Crippen molar-refractivity contribution in [1.29, 1.82) is 0 Å². The van der Waals surface area contributed by atoms with Crippen molar-refractivity contribution in [2.75, 3.05) is 13.2 Å². The zero-order chi connectivity index (χ0) is 38.2. The van der Waals surface area contributed by atoms with Gasteiger partial charge in [0.2, 0.25) is 0 Å². The zero-order valence-corrected chi connectivity index (χ0v) is 34.9. The van der Waals surface area contributed by atoms with Gasteiger partial charge in [0.1, 0.15) is 6.61 Å². The predicted octanol–water partition coefficient (Wildman–Crippen LogP) is 13.4. The van der Waals surface area contributed by atoms with E-state index in [9.17, 15) is 14.2 Å². The first kappa shape index (κ1) is 50.8.